The fraction of sp³-hybridized carbons (Fsp3) is 0.250. The van der Waals surface area contributed by atoms with Crippen molar-refractivity contribution in [3.8, 4) is 0 Å². The van der Waals surface area contributed by atoms with E-state index in [0.29, 0.717) is 12.1 Å². The quantitative estimate of drug-likeness (QED) is 0.478. The summed E-state index contributed by atoms with van der Waals surface area (Å²) in [5.41, 5.74) is -3.77. The maximum atomic E-state index is 12.9. The molecule has 4 amide bonds. The summed E-state index contributed by atoms with van der Waals surface area (Å²) in [6.07, 6.45) is -10.1. The number of hydrogen-bond acceptors (Lipinski definition) is 3. The Labute approximate surface area is 177 Å². The van der Waals surface area contributed by atoms with Gasteiger partial charge in [0.25, 0.3) is 11.8 Å². The number of carbonyl (C=O) groups excluding carboxylic acids is 3. The Bertz CT molecular complexity index is 1080. The van der Waals surface area contributed by atoms with Crippen molar-refractivity contribution in [1.29, 1.82) is 0 Å². The third-order valence-corrected chi connectivity index (χ3v) is 4.54. The van der Waals surface area contributed by atoms with E-state index >= 15 is 0 Å². The highest BCUT2D eigenvalue weighted by atomic mass is 19.4. The molecule has 0 atom stereocenters. The van der Waals surface area contributed by atoms with Crippen LogP contribution >= 0.6 is 0 Å². The third kappa shape index (κ3) is 4.53. The van der Waals surface area contributed by atoms with Gasteiger partial charge in [0, 0.05) is 17.4 Å². The predicted molar refractivity (Wildman–Crippen MR) is 101 cm³/mol. The van der Waals surface area contributed by atoms with E-state index < -0.39 is 53.1 Å². The van der Waals surface area contributed by atoms with Gasteiger partial charge in [-0.3, -0.25) is 14.5 Å². The Kier molecular flexibility index (Phi) is 5.66. The van der Waals surface area contributed by atoms with Crippen molar-refractivity contribution in [2.24, 2.45) is 0 Å². The number of nitrogens with zero attached hydrogens (tertiary/aromatic N) is 1. The largest absolute Gasteiger partial charge is 0.416 e. The van der Waals surface area contributed by atoms with E-state index in [4.69, 9.17) is 0 Å². The zero-order valence-electron chi connectivity index (χ0n) is 16.5. The Balaban J connectivity index is 1.83. The summed E-state index contributed by atoms with van der Waals surface area (Å²) >= 11 is 0. The van der Waals surface area contributed by atoms with Crippen LogP contribution in [0.5, 0.6) is 0 Å². The number of halogens is 6. The molecular weight excluding hydrogens is 444 g/mol. The Morgan fingerprint density at radius 1 is 0.781 bits per heavy atom. The highest BCUT2D eigenvalue weighted by Crippen LogP contribution is 2.37. The lowest BCUT2D eigenvalue weighted by atomic mass is 10.1. The van der Waals surface area contributed by atoms with E-state index in [0.717, 1.165) is 4.90 Å². The van der Waals surface area contributed by atoms with Crippen LogP contribution in [0.2, 0.25) is 0 Å². The van der Waals surface area contributed by atoms with Gasteiger partial charge in [0.2, 0.25) is 0 Å². The normalized spacial score (nSPS) is 14.1. The summed E-state index contributed by atoms with van der Waals surface area (Å²) in [6, 6.07) is 2.87. The molecule has 32 heavy (non-hydrogen) atoms. The molecule has 0 radical (unpaired) electrons. The topological polar surface area (TPSA) is 78.5 Å². The second kappa shape index (κ2) is 7.84. The predicted octanol–water partition coefficient (Wildman–Crippen LogP) is 5.37. The molecule has 3 rings (SSSR count). The molecule has 2 aromatic rings. The number of imide groups is 1. The maximum Gasteiger partial charge on any atom is 0.416 e. The summed E-state index contributed by atoms with van der Waals surface area (Å²) in [4.78, 5) is 37.9. The number of nitrogens with one attached hydrogen (secondary N) is 2. The van der Waals surface area contributed by atoms with Gasteiger partial charge in [-0.05, 0) is 50.2 Å². The van der Waals surface area contributed by atoms with Crippen LogP contribution in [0.3, 0.4) is 0 Å². The first-order chi connectivity index (χ1) is 14.7. The number of alkyl halides is 6. The van der Waals surface area contributed by atoms with Crippen molar-refractivity contribution in [2.45, 2.75) is 32.2 Å². The Morgan fingerprint density at radius 3 is 1.78 bits per heavy atom. The minimum absolute atomic E-state index is 0.0102. The number of fused-ring (bicyclic) bond motifs is 1. The first-order valence-electron chi connectivity index (χ1n) is 9.08. The van der Waals surface area contributed by atoms with Gasteiger partial charge >= 0.3 is 18.4 Å². The van der Waals surface area contributed by atoms with Crippen LogP contribution in [0, 0.1) is 0 Å². The van der Waals surface area contributed by atoms with Crippen molar-refractivity contribution in [2.75, 3.05) is 10.6 Å². The van der Waals surface area contributed by atoms with Crippen molar-refractivity contribution >= 4 is 29.2 Å². The lowest BCUT2D eigenvalue weighted by molar-refractivity contribution is -0.143. The van der Waals surface area contributed by atoms with Gasteiger partial charge < -0.3 is 10.6 Å². The fourth-order valence-corrected chi connectivity index (χ4v) is 3.13. The number of rotatable bonds is 3. The minimum Gasteiger partial charge on any atom is -0.308 e. The lowest BCUT2D eigenvalue weighted by Crippen LogP contribution is -2.35. The average molecular weight is 459 g/mol. The van der Waals surface area contributed by atoms with Gasteiger partial charge in [-0.25, -0.2) is 4.79 Å². The van der Waals surface area contributed by atoms with Gasteiger partial charge in [0.1, 0.15) is 0 Å². The van der Waals surface area contributed by atoms with Crippen LogP contribution in [0.1, 0.15) is 45.7 Å². The summed E-state index contributed by atoms with van der Waals surface area (Å²) in [6.45, 7) is 3.27. The van der Waals surface area contributed by atoms with Crippen molar-refractivity contribution in [3.05, 3.63) is 58.7 Å². The first-order valence-corrected chi connectivity index (χ1v) is 9.08. The maximum absolute atomic E-state index is 12.9. The number of amides is 4. The monoisotopic (exact) mass is 459 g/mol. The highest BCUT2D eigenvalue weighted by Gasteiger charge is 2.38. The van der Waals surface area contributed by atoms with E-state index in [9.17, 15) is 40.7 Å². The molecule has 2 aromatic carbocycles. The van der Waals surface area contributed by atoms with Crippen LogP contribution in [-0.2, 0) is 12.4 Å². The molecule has 1 aliphatic rings. The number of urea groups is 1. The molecular formula is C20H15F6N3O3. The van der Waals surface area contributed by atoms with Crippen LogP contribution < -0.4 is 10.6 Å². The molecule has 1 aliphatic heterocycles. The molecule has 0 saturated carbocycles. The van der Waals surface area contributed by atoms with Crippen LogP contribution in [0.15, 0.2) is 36.4 Å². The van der Waals surface area contributed by atoms with Gasteiger partial charge in [-0.15, -0.1) is 0 Å². The Hall–Kier alpha value is -3.57. The van der Waals surface area contributed by atoms with Crippen molar-refractivity contribution in [3.63, 3.8) is 0 Å². The van der Waals surface area contributed by atoms with E-state index in [1.165, 1.54) is 18.2 Å². The zero-order valence-corrected chi connectivity index (χ0v) is 16.5. The first kappa shape index (κ1) is 23.1. The summed E-state index contributed by atoms with van der Waals surface area (Å²) in [7, 11) is 0. The number of carbonyl (C=O) groups is 3. The number of hydrogen-bond donors (Lipinski definition) is 2. The van der Waals surface area contributed by atoms with Crippen molar-refractivity contribution in [1.82, 2.24) is 4.90 Å². The average Bonchev–Trinajstić information content (AvgIpc) is 2.90. The lowest BCUT2D eigenvalue weighted by Gasteiger charge is -2.17. The smallest absolute Gasteiger partial charge is 0.308 e. The third-order valence-electron chi connectivity index (χ3n) is 4.54. The molecule has 2 N–H and O–H groups in total. The SMILES string of the molecule is CC(C)N1C(=O)c2ccc(NC(=O)Nc3cc(C(F)(F)F)cc(C(F)(F)F)c3)cc2C1=O. The Morgan fingerprint density at radius 2 is 1.28 bits per heavy atom. The van der Waals surface area contributed by atoms with Crippen LogP contribution in [0.25, 0.3) is 0 Å². The molecule has 170 valence electrons. The van der Waals surface area contributed by atoms with E-state index in [1.54, 1.807) is 13.8 Å². The minimum atomic E-state index is -5.07. The zero-order chi connectivity index (χ0) is 24.0. The van der Waals surface area contributed by atoms with Gasteiger partial charge in [-0.2, -0.15) is 26.3 Å². The molecule has 1 heterocycles. The van der Waals surface area contributed by atoms with E-state index in [-0.39, 0.29) is 22.9 Å². The van der Waals surface area contributed by atoms with Crippen molar-refractivity contribution < 1.29 is 40.7 Å². The standard InChI is InChI=1S/C20H15F6N3O3/c1-9(2)29-16(30)14-4-3-12(8-15(14)17(29)31)27-18(32)28-13-6-10(19(21,22)23)5-11(7-13)20(24,25)26/h3-9H,1-2H3,(H2,27,28,32). The molecule has 0 bridgehead atoms. The number of anilines is 2. The van der Waals surface area contributed by atoms with Gasteiger partial charge in [0.15, 0.2) is 0 Å². The molecule has 12 heteroatoms. The molecule has 0 spiro atoms. The fourth-order valence-electron chi connectivity index (χ4n) is 3.13. The van der Waals surface area contributed by atoms with Gasteiger partial charge in [-0.1, -0.05) is 0 Å². The van der Waals surface area contributed by atoms with Gasteiger partial charge in [0.05, 0.1) is 22.3 Å². The molecule has 0 saturated heterocycles. The summed E-state index contributed by atoms with van der Waals surface area (Å²) in [5.74, 6) is -1.10. The highest BCUT2D eigenvalue weighted by molar-refractivity contribution is 6.22. The van der Waals surface area contributed by atoms with Crippen LogP contribution in [-0.4, -0.2) is 28.8 Å². The molecule has 6 nitrogen and oxygen atoms in total. The summed E-state index contributed by atoms with van der Waals surface area (Å²) in [5, 5.41) is 4.14. The summed E-state index contributed by atoms with van der Waals surface area (Å²) < 4.78 is 77.7. The second-order valence-corrected chi connectivity index (χ2v) is 7.21. The molecule has 0 unspecified atom stereocenters. The molecule has 0 aliphatic carbocycles. The number of benzene rings is 2. The van der Waals surface area contributed by atoms with E-state index in [1.807, 2.05) is 5.32 Å². The van der Waals surface area contributed by atoms with E-state index in [2.05, 4.69) is 5.32 Å². The molecule has 0 aromatic heterocycles. The second-order valence-electron chi connectivity index (χ2n) is 7.21. The molecule has 0 fully saturated rings. The van der Waals surface area contributed by atoms with Crippen LogP contribution in [0.4, 0.5) is 42.5 Å².